The number of halogens is 1. The van der Waals surface area contributed by atoms with E-state index in [1.807, 2.05) is 36.5 Å². The number of aromatic nitrogens is 1. The Hall–Kier alpha value is -1.79. The van der Waals surface area contributed by atoms with Crippen molar-refractivity contribution in [3.63, 3.8) is 0 Å². The molecule has 1 unspecified atom stereocenters. The fourth-order valence-electron chi connectivity index (χ4n) is 1.86. The van der Waals surface area contributed by atoms with E-state index in [0.717, 1.165) is 11.1 Å². The summed E-state index contributed by atoms with van der Waals surface area (Å²) < 4.78 is 13.5. The third-order valence-corrected chi connectivity index (χ3v) is 3.94. The number of hydrogen-bond donors (Lipinski definition) is 1. The number of likely N-dealkylation sites (N-methyl/N-ethyl adjacent to an activating group) is 1. The number of nitrogens with one attached hydrogen (secondary N) is 1. The van der Waals surface area contributed by atoms with E-state index in [0.29, 0.717) is 6.54 Å². The van der Waals surface area contributed by atoms with Gasteiger partial charge in [0.15, 0.2) is 5.82 Å². The Bertz CT molecular complexity index is 572. The van der Waals surface area contributed by atoms with Gasteiger partial charge >= 0.3 is 0 Å². The molecule has 0 aliphatic rings. The van der Waals surface area contributed by atoms with Crippen LogP contribution in [0.2, 0.25) is 0 Å². The number of rotatable bonds is 5. The molecule has 0 spiro atoms. The summed E-state index contributed by atoms with van der Waals surface area (Å²) >= 11 is 1.63. The second-order valence-corrected chi connectivity index (χ2v) is 5.54. The second kappa shape index (κ2) is 6.58. The van der Waals surface area contributed by atoms with Crippen molar-refractivity contribution < 1.29 is 9.18 Å². The van der Waals surface area contributed by atoms with E-state index in [2.05, 4.69) is 10.3 Å². The Morgan fingerprint density at radius 3 is 2.90 bits per heavy atom. The first-order valence-electron chi connectivity index (χ1n) is 6.17. The van der Waals surface area contributed by atoms with E-state index in [1.54, 1.807) is 11.3 Å². The van der Waals surface area contributed by atoms with Crippen LogP contribution in [0.4, 0.5) is 4.39 Å². The summed E-state index contributed by atoms with van der Waals surface area (Å²) in [6.07, 6.45) is 2.44. The molecule has 0 radical (unpaired) electrons. The van der Waals surface area contributed by atoms with Crippen molar-refractivity contribution in [3.05, 3.63) is 52.2 Å². The molecule has 0 aliphatic heterocycles. The number of hydrogen-bond acceptors (Lipinski definition) is 4. The lowest BCUT2D eigenvalue weighted by Crippen LogP contribution is -2.34. The van der Waals surface area contributed by atoms with Crippen LogP contribution in [0.25, 0.3) is 0 Å². The molecule has 4 nitrogen and oxygen atoms in total. The molecule has 2 rings (SSSR count). The van der Waals surface area contributed by atoms with Crippen molar-refractivity contribution in [1.82, 2.24) is 15.2 Å². The van der Waals surface area contributed by atoms with Crippen molar-refractivity contribution in [2.24, 2.45) is 0 Å². The van der Waals surface area contributed by atoms with Crippen molar-refractivity contribution >= 4 is 17.2 Å². The van der Waals surface area contributed by atoms with E-state index in [4.69, 9.17) is 0 Å². The smallest absolute Gasteiger partial charge is 0.254 e. The summed E-state index contributed by atoms with van der Waals surface area (Å²) in [4.78, 5) is 18.8. The van der Waals surface area contributed by atoms with Crippen LogP contribution >= 0.6 is 11.3 Å². The van der Waals surface area contributed by atoms with Gasteiger partial charge in [0.05, 0.1) is 17.8 Å². The van der Waals surface area contributed by atoms with Crippen LogP contribution in [0.15, 0.2) is 36.0 Å². The van der Waals surface area contributed by atoms with Gasteiger partial charge < -0.3 is 10.2 Å². The topological polar surface area (TPSA) is 45.2 Å². The SMILES string of the molecule is CN(C)C(CNC(=O)c1ccncc1F)c1cccs1. The minimum Gasteiger partial charge on any atom is -0.350 e. The van der Waals surface area contributed by atoms with Crippen LogP contribution in [0.1, 0.15) is 21.3 Å². The fraction of sp³-hybridized carbons (Fsp3) is 0.286. The maximum absolute atomic E-state index is 13.5. The standard InChI is InChI=1S/C14H16FN3OS/c1-18(2)12(13-4-3-7-20-13)9-17-14(19)10-5-6-16-8-11(10)15/h3-8,12H,9H2,1-2H3,(H,17,19). The van der Waals surface area contributed by atoms with Gasteiger partial charge in [0, 0.05) is 17.6 Å². The van der Waals surface area contributed by atoms with Gasteiger partial charge in [-0.05, 0) is 31.6 Å². The Balaban J connectivity index is 2.03. The average Bonchev–Trinajstić information content (AvgIpc) is 2.92. The zero-order chi connectivity index (χ0) is 14.5. The van der Waals surface area contributed by atoms with E-state index in [9.17, 15) is 9.18 Å². The van der Waals surface area contributed by atoms with Gasteiger partial charge in [0.2, 0.25) is 0 Å². The molecule has 106 valence electrons. The predicted molar refractivity (Wildman–Crippen MR) is 77.3 cm³/mol. The summed E-state index contributed by atoms with van der Waals surface area (Å²) in [6.45, 7) is 0.425. The molecule has 20 heavy (non-hydrogen) atoms. The Morgan fingerprint density at radius 1 is 1.50 bits per heavy atom. The first-order chi connectivity index (χ1) is 9.59. The molecule has 0 saturated carbocycles. The molecular weight excluding hydrogens is 277 g/mol. The van der Waals surface area contributed by atoms with E-state index >= 15 is 0 Å². The Morgan fingerprint density at radius 2 is 2.30 bits per heavy atom. The van der Waals surface area contributed by atoms with Gasteiger partial charge in [-0.15, -0.1) is 11.3 Å². The first-order valence-corrected chi connectivity index (χ1v) is 7.05. The lowest BCUT2D eigenvalue weighted by molar-refractivity contribution is 0.0938. The minimum atomic E-state index is -0.609. The number of carbonyl (C=O) groups is 1. The third kappa shape index (κ3) is 3.40. The van der Waals surface area contributed by atoms with Crippen LogP contribution in [-0.4, -0.2) is 36.4 Å². The highest BCUT2D eigenvalue weighted by molar-refractivity contribution is 7.10. The number of thiophene rings is 1. The number of amides is 1. The van der Waals surface area contributed by atoms with E-state index < -0.39 is 11.7 Å². The first kappa shape index (κ1) is 14.6. The van der Waals surface area contributed by atoms with Gasteiger partial charge in [-0.25, -0.2) is 4.39 Å². The molecule has 0 saturated heterocycles. The maximum Gasteiger partial charge on any atom is 0.254 e. The van der Waals surface area contributed by atoms with E-state index in [-0.39, 0.29) is 11.6 Å². The third-order valence-electron chi connectivity index (χ3n) is 2.97. The van der Waals surface area contributed by atoms with Gasteiger partial charge in [0.25, 0.3) is 5.91 Å². The van der Waals surface area contributed by atoms with Crippen LogP contribution in [0, 0.1) is 5.82 Å². The summed E-state index contributed by atoms with van der Waals surface area (Å²) in [7, 11) is 3.90. The largest absolute Gasteiger partial charge is 0.350 e. The van der Waals surface area contributed by atoms with Crippen molar-refractivity contribution in [3.8, 4) is 0 Å². The zero-order valence-corrected chi connectivity index (χ0v) is 12.2. The molecule has 0 bridgehead atoms. The highest BCUT2D eigenvalue weighted by atomic mass is 32.1. The molecule has 0 aliphatic carbocycles. The molecule has 1 atom stereocenters. The highest BCUT2D eigenvalue weighted by Gasteiger charge is 2.18. The highest BCUT2D eigenvalue weighted by Crippen LogP contribution is 2.22. The summed E-state index contributed by atoms with van der Waals surface area (Å²) in [5, 5.41) is 4.76. The minimum absolute atomic E-state index is 0.0173. The maximum atomic E-state index is 13.5. The molecule has 2 heterocycles. The van der Waals surface area contributed by atoms with Crippen LogP contribution in [-0.2, 0) is 0 Å². The lowest BCUT2D eigenvalue weighted by atomic mass is 10.2. The Labute approximate surface area is 121 Å². The number of nitrogens with zero attached hydrogens (tertiary/aromatic N) is 2. The molecule has 1 N–H and O–H groups in total. The van der Waals surface area contributed by atoms with Crippen molar-refractivity contribution in [1.29, 1.82) is 0 Å². The molecule has 2 aromatic heterocycles. The zero-order valence-electron chi connectivity index (χ0n) is 11.3. The van der Waals surface area contributed by atoms with Gasteiger partial charge in [-0.2, -0.15) is 0 Å². The summed E-state index contributed by atoms with van der Waals surface area (Å²) in [6, 6.07) is 5.44. The van der Waals surface area contributed by atoms with Crippen LogP contribution < -0.4 is 5.32 Å². The number of carbonyl (C=O) groups excluding carboxylic acids is 1. The fourth-order valence-corrected chi connectivity index (χ4v) is 2.79. The molecule has 6 heteroatoms. The van der Waals surface area contributed by atoms with Gasteiger partial charge in [0.1, 0.15) is 0 Å². The number of pyridine rings is 1. The molecular formula is C14H16FN3OS. The van der Waals surface area contributed by atoms with Crippen molar-refractivity contribution in [2.45, 2.75) is 6.04 Å². The monoisotopic (exact) mass is 293 g/mol. The summed E-state index contributed by atoms with van der Waals surface area (Å²) in [5.74, 6) is -1.03. The van der Waals surface area contributed by atoms with Gasteiger partial charge in [-0.3, -0.25) is 9.78 Å². The molecule has 1 amide bonds. The quantitative estimate of drug-likeness (QED) is 0.920. The van der Waals surface area contributed by atoms with Gasteiger partial charge in [-0.1, -0.05) is 6.07 Å². The normalized spacial score (nSPS) is 12.4. The van der Waals surface area contributed by atoms with Crippen LogP contribution in [0.5, 0.6) is 0 Å². The average molecular weight is 293 g/mol. The molecule has 0 fully saturated rings. The van der Waals surface area contributed by atoms with Crippen molar-refractivity contribution in [2.75, 3.05) is 20.6 Å². The second-order valence-electron chi connectivity index (χ2n) is 4.56. The van der Waals surface area contributed by atoms with E-state index in [1.165, 1.54) is 12.3 Å². The molecule has 2 aromatic rings. The van der Waals surface area contributed by atoms with Crippen LogP contribution in [0.3, 0.4) is 0 Å². The lowest BCUT2D eigenvalue weighted by Gasteiger charge is -2.23. The summed E-state index contributed by atoms with van der Waals surface area (Å²) in [5.41, 5.74) is 0.0173. The Kier molecular flexibility index (Phi) is 4.81. The predicted octanol–water partition coefficient (Wildman–Crippen LogP) is 2.31. The molecule has 0 aromatic carbocycles.